The topological polar surface area (TPSA) is 42.1 Å². The van der Waals surface area contributed by atoms with Gasteiger partial charge < -0.3 is 9.72 Å². The van der Waals surface area contributed by atoms with Crippen LogP contribution in [0.2, 0.25) is 0 Å². The van der Waals surface area contributed by atoms with E-state index in [1.54, 1.807) is 0 Å². The number of aromatic nitrogens is 1. The van der Waals surface area contributed by atoms with Gasteiger partial charge in [0, 0.05) is 23.1 Å². The molecule has 0 fully saturated rings. The molecule has 0 saturated heterocycles. The minimum Gasteiger partial charge on any atom is -0.373 e. The summed E-state index contributed by atoms with van der Waals surface area (Å²) in [6.45, 7) is 7.08. The average Bonchev–Trinajstić information content (AvgIpc) is 2.37. The summed E-state index contributed by atoms with van der Waals surface area (Å²) < 4.78 is 5.99. The summed E-state index contributed by atoms with van der Waals surface area (Å²) in [5, 5.41) is 1.77. The van der Waals surface area contributed by atoms with Gasteiger partial charge in [-0.1, -0.05) is 39.0 Å². The van der Waals surface area contributed by atoms with Crippen LogP contribution in [0.3, 0.4) is 0 Å². The molecule has 0 amide bonds. The van der Waals surface area contributed by atoms with Crippen LogP contribution in [0.25, 0.3) is 10.8 Å². The minimum absolute atomic E-state index is 0.00362. The van der Waals surface area contributed by atoms with Crippen LogP contribution in [0, 0.1) is 5.41 Å². The van der Waals surface area contributed by atoms with Crippen molar-refractivity contribution in [1.82, 2.24) is 4.98 Å². The molecule has 1 aromatic heterocycles. The van der Waals surface area contributed by atoms with Crippen LogP contribution in [0.1, 0.15) is 32.0 Å². The third-order valence-electron chi connectivity index (χ3n) is 3.91. The minimum atomic E-state index is 0.00362. The van der Waals surface area contributed by atoms with Gasteiger partial charge in [-0.05, 0) is 16.9 Å². The monoisotopic (exact) mass is 257 g/mol. The summed E-state index contributed by atoms with van der Waals surface area (Å²) in [5.41, 5.74) is 2.26. The summed E-state index contributed by atoms with van der Waals surface area (Å²) in [4.78, 5) is 15.1. The Hall–Kier alpha value is -1.61. The molecule has 19 heavy (non-hydrogen) atoms. The second-order valence-electron chi connectivity index (χ2n) is 6.33. The standard InChI is InChI=1S/C16H19NO2/c1-16(2,3)14-8-13-12(9-19-14)10-6-4-5-7-11(10)15(18)17-13/h4-7,14H,8-9H2,1-3H3,(H,17,18). The van der Waals surface area contributed by atoms with Crippen molar-refractivity contribution in [2.24, 2.45) is 5.41 Å². The van der Waals surface area contributed by atoms with E-state index >= 15 is 0 Å². The molecule has 1 aliphatic rings. The summed E-state index contributed by atoms with van der Waals surface area (Å²) in [6.07, 6.45) is 0.927. The Bertz CT molecular complexity index is 679. The first-order valence-corrected chi connectivity index (χ1v) is 6.71. The lowest BCUT2D eigenvalue weighted by Crippen LogP contribution is -2.36. The van der Waals surface area contributed by atoms with E-state index in [1.165, 1.54) is 0 Å². The lowest BCUT2D eigenvalue weighted by molar-refractivity contribution is -0.0380. The number of fused-ring (bicyclic) bond motifs is 3. The smallest absolute Gasteiger partial charge is 0.256 e. The number of hydrogen-bond acceptors (Lipinski definition) is 2. The van der Waals surface area contributed by atoms with Crippen molar-refractivity contribution in [3.05, 3.63) is 45.9 Å². The maximum Gasteiger partial charge on any atom is 0.256 e. The maximum atomic E-state index is 12.1. The summed E-state index contributed by atoms with van der Waals surface area (Å²) in [7, 11) is 0. The van der Waals surface area contributed by atoms with Crippen molar-refractivity contribution in [1.29, 1.82) is 0 Å². The molecule has 100 valence electrons. The van der Waals surface area contributed by atoms with E-state index in [9.17, 15) is 4.79 Å². The van der Waals surface area contributed by atoms with Crippen LogP contribution in [-0.2, 0) is 17.8 Å². The summed E-state index contributed by atoms with van der Waals surface area (Å²) >= 11 is 0. The molecule has 2 aromatic rings. The van der Waals surface area contributed by atoms with Gasteiger partial charge in [0.15, 0.2) is 0 Å². The average molecular weight is 257 g/mol. The third-order valence-corrected chi connectivity index (χ3v) is 3.91. The largest absolute Gasteiger partial charge is 0.373 e. The number of rotatable bonds is 0. The molecule has 0 aliphatic carbocycles. The van der Waals surface area contributed by atoms with Crippen LogP contribution in [-0.4, -0.2) is 11.1 Å². The zero-order valence-electron chi connectivity index (χ0n) is 11.6. The van der Waals surface area contributed by atoms with Gasteiger partial charge in [-0.2, -0.15) is 0 Å². The molecule has 1 aliphatic heterocycles. The molecule has 1 N–H and O–H groups in total. The molecule has 1 atom stereocenters. The van der Waals surface area contributed by atoms with E-state index in [1.807, 2.05) is 24.3 Å². The Morgan fingerprint density at radius 1 is 1.21 bits per heavy atom. The van der Waals surface area contributed by atoms with Gasteiger partial charge in [0.1, 0.15) is 0 Å². The lowest BCUT2D eigenvalue weighted by Gasteiger charge is -2.35. The highest BCUT2D eigenvalue weighted by Gasteiger charge is 2.31. The van der Waals surface area contributed by atoms with Gasteiger partial charge in [0.05, 0.1) is 12.7 Å². The highest BCUT2D eigenvalue weighted by Crippen LogP contribution is 2.32. The predicted molar refractivity (Wildman–Crippen MR) is 76.3 cm³/mol. The number of nitrogens with one attached hydrogen (secondary N) is 1. The first-order valence-electron chi connectivity index (χ1n) is 6.71. The van der Waals surface area contributed by atoms with Crippen molar-refractivity contribution >= 4 is 10.8 Å². The summed E-state index contributed by atoms with van der Waals surface area (Å²) in [5.74, 6) is 0. The van der Waals surface area contributed by atoms with E-state index in [4.69, 9.17) is 4.74 Å². The third kappa shape index (κ3) is 2.08. The summed E-state index contributed by atoms with van der Waals surface area (Å²) in [6, 6.07) is 7.73. The Morgan fingerprint density at radius 3 is 2.58 bits per heavy atom. The fourth-order valence-electron chi connectivity index (χ4n) is 2.71. The van der Waals surface area contributed by atoms with Crippen molar-refractivity contribution < 1.29 is 4.74 Å². The quantitative estimate of drug-likeness (QED) is 0.788. The van der Waals surface area contributed by atoms with E-state index in [0.717, 1.165) is 28.5 Å². The molecule has 0 bridgehead atoms. The molecule has 0 radical (unpaired) electrons. The second-order valence-corrected chi connectivity index (χ2v) is 6.33. The highest BCUT2D eigenvalue weighted by molar-refractivity contribution is 5.85. The van der Waals surface area contributed by atoms with Gasteiger partial charge in [-0.25, -0.2) is 0 Å². The molecule has 1 aromatic carbocycles. The second kappa shape index (κ2) is 4.20. The van der Waals surface area contributed by atoms with Crippen LogP contribution in [0.5, 0.6) is 0 Å². The first kappa shape index (κ1) is 12.4. The van der Waals surface area contributed by atoms with Gasteiger partial charge >= 0.3 is 0 Å². The Balaban J connectivity index is 2.15. The highest BCUT2D eigenvalue weighted by atomic mass is 16.5. The molecule has 3 nitrogen and oxygen atoms in total. The number of aromatic amines is 1. The van der Waals surface area contributed by atoms with Crippen LogP contribution in [0.4, 0.5) is 0 Å². The van der Waals surface area contributed by atoms with Crippen LogP contribution in [0.15, 0.2) is 29.1 Å². The molecular weight excluding hydrogens is 238 g/mol. The zero-order chi connectivity index (χ0) is 13.6. The maximum absolute atomic E-state index is 12.1. The fraction of sp³-hybridized carbons (Fsp3) is 0.438. The van der Waals surface area contributed by atoms with Crippen LogP contribution >= 0.6 is 0 Å². The van der Waals surface area contributed by atoms with Crippen molar-refractivity contribution in [2.45, 2.75) is 39.9 Å². The van der Waals surface area contributed by atoms with E-state index in [0.29, 0.717) is 6.61 Å². The first-order chi connectivity index (χ1) is 8.97. The molecule has 3 heteroatoms. The molecule has 3 rings (SSSR count). The lowest BCUT2D eigenvalue weighted by atomic mass is 9.84. The van der Waals surface area contributed by atoms with E-state index in [2.05, 4.69) is 25.8 Å². The van der Waals surface area contributed by atoms with Crippen molar-refractivity contribution in [2.75, 3.05) is 0 Å². The fourth-order valence-corrected chi connectivity index (χ4v) is 2.71. The molecule has 1 unspecified atom stereocenters. The Labute approximate surface area is 112 Å². The molecular formula is C16H19NO2. The van der Waals surface area contributed by atoms with Crippen molar-refractivity contribution in [3.8, 4) is 0 Å². The van der Waals surface area contributed by atoms with Gasteiger partial charge in [-0.15, -0.1) is 0 Å². The normalized spacial score (nSPS) is 19.4. The number of benzene rings is 1. The zero-order valence-corrected chi connectivity index (χ0v) is 11.6. The Kier molecular flexibility index (Phi) is 2.75. The van der Waals surface area contributed by atoms with E-state index in [-0.39, 0.29) is 17.1 Å². The number of hydrogen-bond donors (Lipinski definition) is 1. The van der Waals surface area contributed by atoms with Crippen molar-refractivity contribution in [3.63, 3.8) is 0 Å². The molecule has 0 spiro atoms. The van der Waals surface area contributed by atoms with Gasteiger partial charge in [0.2, 0.25) is 0 Å². The SMILES string of the molecule is CC(C)(C)C1Cc2[nH]c(=O)c3ccccc3c2CO1. The Morgan fingerprint density at radius 2 is 1.89 bits per heavy atom. The predicted octanol–water partition coefficient (Wildman–Crippen LogP) is 3.02. The molecule has 2 heterocycles. The number of pyridine rings is 1. The molecule has 0 saturated carbocycles. The van der Waals surface area contributed by atoms with Gasteiger partial charge in [-0.3, -0.25) is 4.79 Å². The number of ether oxygens (including phenoxy) is 1. The van der Waals surface area contributed by atoms with E-state index < -0.39 is 0 Å². The van der Waals surface area contributed by atoms with Crippen LogP contribution < -0.4 is 5.56 Å². The van der Waals surface area contributed by atoms with Gasteiger partial charge in [0.25, 0.3) is 5.56 Å². The number of H-pyrrole nitrogens is 1.